The van der Waals surface area contributed by atoms with Gasteiger partial charge in [0.15, 0.2) is 0 Å². The van der Waals surface area contributed by atoms with Gasteiger partial charge in [0.2, 0.25) is 5.91 Å². The summed E-state index contributed by atoms with van der Waals surface area (Å²) in [4.78, 5) is 24.5. The van der Waals surface area contributed by atoms with E-state index in [-0.39, 0.29) is 31.0 Å². The minimum Gasteiger partial charge on any atom is -0.354 e. The highest BCUT2D eigenvalue weighted by atomic mass is 35.5. The van der Waals surface area contributed by atoms with Crippen LogP contribution in [0.25, 0.3) is 5.69 Å². The van der Waals surface area contributed by atoms with Crippen LogP contribution in [-0.2, 0) is 11.2 Å². The molecule has 0 spiro atoms. The minimum absolute atomic E-state index is 0.139. The van der Waals surface area contributed by atoms with Gasteiger partial charge in [-0.05, 0) is 56.7 Å². The van der Waals surface area contributed by atoms with E-state index >= 15 is 0 Å². The van der Waals surface area contributed by atoms with Gasteiger partial charge in [-0.2, -0.15) is 5.10 Å². The van der Waals surface area contributed by atoms with Gasteiger partial charge in [-0.3, -0.25) is 9.59 Å². The molecule has 0 bridgehead atoms. The van der Waals surface area contributed by atoms with Crippen molar-refractivity contribution in [2.24, 2.45) is 0 Å². The van der Waals surface area contributed by atoms with E-state index in [0.717, 1.165) is 17.0 Å². The number of hydrogen-bond donors (Lipinski definition) is 2. The zero-order valence-electron chi connectivity index (χ0n) is 17.9. The largest absolute Gasteiger partial charge is 0.354 e. The maximum Gasteiger partial charge on any atom is 0.251 e. The molecule has 32 heavy (non-hydrogen) atoms. The fourth-order valence-corrected chi connectivity index (χ4v) is 3.74. The maximum absolute atomic E-state index is 13.6. The molecular formula is C23H23Cl2FN4O2. The Kier molecular flexibility index (Phi) is 7.53. The number of hydrogen-bond acceptors (Lipinski definition) is 3. The van der Waals surface area contributed by atoms with Gasteiger partial charge in [-0.15, -0.1) is 0 Å². The van der Waals surface area contributed by atoms with Crippen molar-refractivity contribution in [3.63, 3.8) is 0 Å². The predicted molar refractivity (Wildman–Crippen MR) is 123 cm³/mol. The lowest BCUT2D eigenvalue weighted by Gasteiger charge is -2.09. The van der Waals surface area contributed by atoms with Crippen LogP contribution in [0.2, 0.25) is 10.0 Å². The van der Waals surface area contributed by atoms with Crippen molar-refractivity contribution in [2.75, 3.05) is 13.1 Å². The highest BCUT2D eigenvalue weighted by Gasteiger charge is 2.17. The van der Waals surface area contributed by atoms with E-state index in [1.807, 2.05) is 13.8 Å². The van der Waals surface area contributed by atoms with Gasteiger partial charge >= 0.3 is 0 Å². The first-order valence-corrected chi connectivity index (χ1v) is 10.7. The molecule has 168 valence electrons. The third-order valence-electron chi connectivity index (χ3n) is 5.08. The van der Waals surface area contributed by atoms with E-state index < -0.39 is 11.7 Å². The lowest BCUT2D eigenvalue weighted by Crippen LogP contribution is -2.35. The van der Waals surface area contributed by atoms with E-state index in [2.05, 4.69) is 15.7 Å². The van der Waals surface area contributed by atoms with Gasteiger partial charge < -0.3 is 10.6 Å². The second-order valence-electron chi connectivity index (χ2n) is 7.40. The molecule has 0 aliphatic carbocycles. The van der Waals surface area contributed by atoms with E-state index in [1.165, 1.54) is 6.07 Å². The monoisotopic (exact) mass is 476 g/mol. The van der Waals surface area contributed by atoms with E-state index in [9.17, 15) is 14.0 Å². The highest BCUT2D eigenvalue weighted by Crippen LogP contribution is 2.27. The number of rotatable bonds is 7. The Morgan fingerprint density at radius 2 is 1.75 bits per heavy atom. The van der Waals surface area contributed by atoms with Gasteiger partial charge in [0.1, 0.15) is 5.82 Å². The van der Waals surface area contributed by atoms with Crippen LogP contribution in [0.4, 0.5) is 4.39 Å². The van der Waals surface area contributed by atoms with Crippen molar-refractivity contribution in [3.05, 3.63) is 80.3 Å². The zero-order chi connectivity index (χ0) is 23.4. The summed E-state index contributed by atoms with van der Waals surface area (Å²) in [6, 6.07) is 9.44. The molecule has 1 heterocycles. The molecule has 9 heteroatoms. The molecule has 0 saturated carbocycles. The number of carbonyl (C=O) groups excluding carboxylic acids is 2. The molecule has 0 radical (unpaired) electrons. The summed E-state index contributed by atoms with van der Waals surface area (Å²) in [5, 5.41) is 10.9. The third kappa shape index (κ3) is 5.47. The van der Waals surface area contributed by atoms with Crippen LogP contribution in [0.3, 0.4) is 0 Å². The Morgan fingerprint density at radius 1 is 1.03 bits per heavy atom. The van der Waals surface area contributed by atoms with Crippen LogP contribution in [0, 0.1) is 26.6 Å². The molecule has 0 aliphatic rings. The molecule has 6 nitrogen and oxygen atoms in total. The number of aryl methyl sites for hydroxylation is 2. The smallest absolute Gasteiger partial charge is 0.251 e. The Labute approximate surface area is 195 Å². The predicted octanol–water partition coefficient (Wildman–Crippen LogP) is 4.33. The number of aromatic nitrogens is 2. The first-order valence-electron chi connectivity index (χ1n) is 9.99. The Hall–Kier alpha value is -2.90. The number of nitrogens with zero attached hydrogens (tertiary/aromatic N) is 2. The van der Waals surface area contributed by atoms with E-state index in [0.29, 0.717) is 21.3 Å². The van der Waals surface area contributed by atoms with Crippen LogP contribution in [-0.4, -0.2) is 34.7 Å². The fraction of sp³-hybridized carbons (Fsp3) is 0.261. The molecular weight excluding hydrogens is 454 g/mol. The van der Waals surface area contributed by atoms with Crippen LogP contribution < -0.4 is 10.6 Å². The average molecular weight is 477 g/mol. The number of halogens is 3. The van der Waals surface area contributed by atoms with E-state index in [1.54, 1.807) is 41.9 Å². The molecule has 0 unspecified atom stereocenters. The lowest BCUT2D eigenvalue weighted by molar-refractivity contribution is -0.120. The number of amides is 2. The van der Waals surface area contributed by atoms with Crippen molar-refractivity contribution in [1.29, 1.82) is 0 Å². The van der Waals surface area contributed by atoms with Gasteiger partial charge in [0.25, 0.3) is 5.91 Å². The van der Waals surface area contributed by atoms with Crippen LogP contribution in [0.5, 0.6) is 0 Å². The molecule has 3 rings (SSSR count). The standard InChI is InChI=1S/C23H23Cl2FN4O2/c1-13-4-5-16(10-20(13)26)23(32)28-9-8-27-22(31)12-18-14(2)29-30(15(18)3)21-7-6-17(24)11-19(21)25/h4-7,10-11H,8-9,12H2,1-3H3,(H,27,31)(H,28,32). The number of nitrogens with one attached hydrogen (secondary N) is 2. The summed E-state index contributed by atoms with van der Waals surface area (Å²) >= 11 is 12.3. The van der Waals surface area contributed by atoms with Gasteiger partial charge in [0.05, 0.1) is 22.8 Å². The Balaban J connectivity index is 1.55. The topological polar surface area (TPSA) is 76.0 Å². The van der Waals surface area contributed by atoms with Crippen LogP contribution in [0.15, 0.2) is 36.4 Å². The first kappa shape index (κ1) is 23.8. The maximum atomic E-state index is 13.6. The van der Waals surface area contributed by atoms with Gasteiger partial charge in [-0.25, -0.2) is 9.07 Å². The molecule has 3 aromatic rings. The zero-order valence-corrected chi connectivity index (χ0v) is 19.4. The molecule has 0 aliphatic heterocycles. The molecule has 2 amide bonds. The SMILES string of the molecule is Cc1ccc(C(=O)NCCNC(=O)Cc2c(C)nn(-c3ccc(Cl)cc3Cl)c2C)cc1F. The molecule has 2 aromatic carbocycles. The Morgan fingerprint density at radius 3 is 2.44 bits per heavy atom. The van der Waals surface area contributed by atoms with Crippen molar-refractivity contribution >= 4 is 35.0 Å². The summed E-state index contributed by atoms with van der Waals surface area (Å²) in [7, 11) is 0. The molecule has 1 aromatic heterocycles. The molecule has 0 fully saturated rings. The van der Waals surface area contributed by atoms with Crippen molar-refractivity contribution in [1.82, 2.24) is 20.4 Å². The number of carbonyl (C=O) groups is 2. The minimum atomic E-state index is -0.433. The van der Waals surface area contributed by atoms with Gasteiger partial charge in [-0.1, -0.05) is 29.3 Å². The van der Waals surface area contributed by atoms with Crippen molar-refractivity contribution in [3.8, 4) is 5.69 Å². The molecule has 0 saturated heterocycles. The Bertz CT molecular complexity index is 1180. The third-order valence-corrected chi connectivity index (χ3v) is 5.62. The summed E-state index contributed by atoms with van der Waals surface area (Å²) in [6.07, 6.45) is 0.139. The quantitative estimate of drug-likeness (QED) is 0.498. The van der Waals surface area contributed by atoms with E-state index in [4.69, 9.17) is 23.2 Å². The summed E-state index contributed by atoms with van der Waals surface area (Å²) in [6.45, 7) is 5.79. The van der Waals surface area contributed by atoms with Crippen molar-refractivity contribution in [2.45, 2.75) is 27.2 Å². The normalized spacial score (nSPS) is 10.8. The van der Waals surface area contributed by atoms with Crippen LogP contribution >= 0.6 is 23.2 Å². The summed E-state index contributed by atoms with van der Waals surface area (Å²) in [5.74, 6) is -1.03. The fourth-order valence-electron chi connectivity index (χ4n) is 3.26. The highest BCUT2D eigenvalue weighted by molar-refractivity contribution is 6.35. The van der Waals surface area contributed by atoms with Crippen molar-refractivity contribution < 1.29 is 14.0 Å². The number of benzene rings is 2. The lowest BCUT2D eigenvalue weighted by atomic mass is 10.1. The summed E-state index contributed by atoms with van der Waals surface area (Å²) < 4.78 is 15.3. The first-order chi connectivity index (χ1) is 15.2. The summed E-state index contributed by atoms with van der Waals surface area (Å²) in [5.41, 5.74) is 3.71. The van der Waals surface area contributed by atoms with Gasteiger partial charge in [0, 0.05) is 34.9 Å². The average Bonchev–Trinajstić information content (AvgIpc) is 3.01. The second kappa shape index (κ2) is 10.1. The van der Waals surface area contributed by atoms with Crippen LogP contribution in [0.1, 0.15) is 32.9 Å². The molecule has 0 atom stereocenters. The second-order valence-corrected chi connectivity index (χ2v) is 8.25. The molecule has 2 N–H and O–H groups in total.